The van der Waals surface area contributed by atoms with E-state index in [0.717, 1.165) is 12.0 Å². The zero-order valence-electron chi connectivity index (χ0n) is 22.1. The molecule has 0 aliphatic carbocycles. The molecule has 1 aliphatic rings. The number of Topliss-reactive ketones (excluding diaryl/α,β-unsaturated/α-hetero) is 1. The molecule has 1 heterocycles. The molecule has 3 aromatic carbocycles. The fraction of sp³-hybridized carbons (Fsp3) is 0.290. The first-order valence-corrected chi connectivity index (χ1v) is 12.7. The SMILES string of the molecule is CCCOc1cccc(/C(O)=C2/C(=O)C(=O)N(Cc3ccccc3OC)C2c2ccc(OC(C)C)cc2)c1. The number of para-hydroxylation sites is 1. The summed E-state index contributed by atoms with van der Waals surface area (Å²) in [6.45, 7) is 6.53. The van der Waals surface area contributed by atoms with Crippen molar-refractivity contribution in [3.63, 3.8) is 0 Å². The number of ketones is 1. The van der Waals surface area contributed by atoms with E-state index in [4.69, 9.17) is 14.2 Å². The van der Waals surface area contributed by atoms with Gasteiger partial charge in [-0.25, -0.2) is 0 Å². The molecule has 7 nitrogen and oxygen atoms in total. The maximum Gasteiger partial charge on any atom is 0.295 e. The third kappa shape index (κ3) is 5.67. The number of amides is 1. The Hall–Kier alpha value is -4.26. The predicted octanol–water partition coefficient (Wildman–Crippen LogP) is 5.89. The molecule has 1 atom stereocenters. The van der Waals surface area contributed by atoms with Crippen LogP contribution in [0.1, 0.15) is 49.9 Å². The third-order valence-electron chi connectivity index (χ3n) is 6.22. The number of methoxy groups -OCH3 is 1. The molecule has 1 amide bonds. The van der Waals surface area contributed by atoms with Crippen LogP contribution in [0.15, 0.2) is 78.4 Å². The van der Waals surface area contributed by atoms with Gasteiger partial charge in [0, 0.05) is 11.1 Å². The Balaban J connectivity index is 1.82. The molecule has 198 valence electrons. The number of nitrogens with zero attached hydrogens (tertiary/aromatic N) is 1. The molecular formula is C31H33NO6. The van der Waals surface area contributed by atoms with Crippen molar-refractivity contribution in [1.82, 2.24) is 4.90 Å². The van der Waals surface area contributed by atoms with Crippen molar-refractivity contribution in [1.29, 1.82) is 0 Å². The van der Waals surface area contributed by atoms with Crippen LogP contribution in [0.4, 0.5) is 0 Å². The van der Waals surface area contributed by atoms with Crippen LogP contribution in [0, 0.1) is 0 Å². The van der Waals surface area contributed by atoms with Crippen molar-refractivity contribution in [2.45, 2.75) is 45.9 Å². The molecule has 38 heavy (non-hydrogen) atoms. The van der Waals surface area contributed by atoms with Crippen LogP contribution in [-0.2, 0) is 16.1 Å². The van der Waals surface area contributed by atoms with E-state index in [9.17, 15) is 14.7 Å². The minimum atomic E-state index is -0.812. The van der Waals surface area contributed by atoms with Crippen LogP contribution < -0.4 is 14.2 Å². The number of carbonyl (C=O) groups excluding carboxylic acids is 2. The molecule has 4 rings (SSSR count). The summed E-state index contributed by atoms with van der Waals surface area (Å²) in [5, 5.41) is 11.4. The zero-order chi connectivity index (χ0) is 27.2. The summed E-state index contributed by atoms with van der Waals surface area (Å²) in [6.07, 6.45) is 0.833. The second-order valence-electron chi connectivity index (χ2n) is 9.35. The average molecular weight is 516 g/mol. The molecule has 0 bridgehead atoms. The number of rotatable bonds is 10. The monoisotopic (exact) mass is 515 g/mol. The van der Waals surface area contributed by atoms with Crippen LogP contribution in [0.5, 0.6) is 17.2 Å². The highest BCUT2D eigenvalue weighted by molar-refractivity contribution is 6.46. The van der Waals surface area contributed by atoms with E-state index in [0.29, 0.717) is 35.0 Å². The molecule has 0 radical (unpaired) electrons. The van der Waals surface area contributed by atoms with Crippen molar-refractivity contribution in [3.8, 4) is 17.2 Å². The lowest BCUT2D eigenvalue weighted by molar-refractivity contribution is -0.140. The van der Waals surface area contributed by atoms with Gasteiger partial charge in [0.2, 0.25) is 0 Å². The van der Waals surface area contributed by atoms with Crippen LogP contribution in [-0.4, -0.2) is 41.5 Å². The van der Waals surface area contributed by atoms with Gasteiger partial charge in [-0.15, -0.1) is 0 Å². The van der Waals surface area contributed by atoms with Crippen molar-refractivity contribution >= 4 is 17.4 Å². The van der Waals surface area contributed by atoms with E-state index in [-0.39, 0.29) is 24.0 Å². The summed E-state index contributed by atoms with van der Waals surface area (Å²) in [5.41, 5.74) is 1.85. The van der Waals surface area contributed by atoms with Crippen molar-refractivity contribution in [3.05, 3.63) is 95.1 Å². The highest BCUT2D eigenvalue weighted by Gasteiger charge is 2.46. The minimum Gasteiger partial charge on any atom is -0.507 e. The smallest absolute Gasteiger partial charge is 0.295 e. The highest BCUT2D eigenvalue weighted by atomic mass is 16.5. The summed E-state index contributed by atoms with van der Waals surface area (Å²) < 4.78 is 17.0. The normalized spacial score (nSPS) is 16.7. The van der Waals surface area contributed by atoms with E-state index in [1.54, 1.807) is 49.6 Å². The molecular weight excluding hydrogens is 482 g/mol. The van der Waals surface area contributed by atoms with Crippen molar-refractivity contribution in [2.24, 2.45) is 0 Å². The van der Waals surface area contributed by atoms with Gasteiger partial charge < -0.3 is 24.2 Å². The average Bonchev–Trinajstić information content (AvgIpc) is 3.17. The first-order chi connectivity index (χ1) is 18.3. The molecule has 1 N–H and O–H groups in total. The first kappa shape index (κ1) is 26.8. The van der Waals surface area contributed by atoms with Gasteiger partial charge in [0.1, 0.15) is 23.0 Å². The lowest BCUT2D eigenvalue weighted by Gasteiger charge is -2.26. The Morgan fingerprint density at radius 1 is 0.974 bits per heavy atom. The Kier molecular flexibility index (Phi) is 8.36. The van der Waals surface area contributed by atoms with Crippen molar-refractivity contribution < 1.29 is 28.9 Å². The molecule has 1 fully saturated rings. The number of ether oxygens (including phenoxy) is 3. The Labute approximate surface area is 223 Å². The van der Waals surface area contributed by atoms with Gasteiger partial charge in [0.25, 0.3) is 11.7 Å². The number of benzene rings is 3. The summed E-state index contributed by atoms with van der Waals surface area (Å²) >= 11 is 0. The van der Waals surface area contributed by atoms with E-state index in [1.165, 1.54) is 4.90 Å². The second-order valence-corrected chi connectivity index (χ2v) is 9.35. The number of hydrogen-bond donors (Lipinski definition) is 1. The Morgan fingerprint density at radius 3 is 2.39 bits per heavy atom. The molecule has 1 saturated heterocycles. The highest BCUT2D eigenvalue weighted by Crippen LogP contribution is 2.41. The summed E-state index contributed by atoms with van der Waals surface area (Å²) in [5.74, 6) is 0.167. The lowest BCUT2D eigenvalue weighted by atomic mass is 9.95. The predicted molar refractivity (Wildman–Crippen MR) is 145 cm³/mol. The minimum absolute atomic E-state index is 0.000708. The number of aliphatic hydroxyl groups is 1. The van der Waals surface area contributed by atoms with Crippen LogP contribution in [0.2, 0.25) is 0 Å². The van der Waals surface area contributed by atoms with Crippen LogP contribution in [0.25, 0.3) is 5.76 Å². The van der Waals surface area contributed by atoms with Crippen LogP contribution >= 0.6 is 0 Å². The van der Waals surface area contributed by atoms with Gasteiger partial charge >= 0.3 is 0 Å². The fourth-order valence-electron chi connectivity index (χ4n) is 4.52. The lowest BCUT2D eigenvalue weighted by Crippen LogP contribution is -2.29. The topological polar surface area (TPSA) is 85.3 Å². The standard InChI is InChI=1S/C31H33NO6/c1-5-17-37-25-11-8-10-22(18-25)29(33)27-28(21-13-15-24(16-14-21)38-20(2)3)32(31(35)30(27)34)19-23-9-6-7-12-26(23)36-4/h6-16,18,20,28,33H,5,17,19H2,1-4H3/b29-27-. The summed E-state index contributed by atoms with van der Waals surface area (Å²) in [4.78, 5) is 28.3. The number of carbonyl (C=O) groups is 2. The van der Waals surface area contributed by atoms with E-state index < -0.39 is 17.7 Å². The largest absolute Gasteiger partial charge is 0.507 e. The maximum atomic E-state index is 13.4. The van der Waals surface area contributed by atoms with Gasteiger partial charge in [0.05, 0.1) is 38.0 Å². The number of likely N-dealkylation sites (tertiary alicyclic amines) is 1. The number of aliphatic hydroxyl groups excluding tert-OH is 1. The Morgan fingerprint density at radius 2 is 1.71 bits per heavy atom. The molecule has 1 unspecified atom stereocenters. The van der Waals surface area contributed by atoms with Crippen molar-refractivity contribution in [2.75, 3.05) is 13.7 Å². The molecule has 3 aromatic rings. The van der Waals surface area contributed by atoms with Gasteiger partial charge in [0.15, 0.2) is 0 Å². The quantitative estimate of drug-likeness (QED) is 0.206. The molecule has 0 spiro atoms. The molecule has 7 heteroatoms. The van der Waals surface area contributed by atoms with Gasteiger partial charge in [-0.2, -0.15) is 0 Å². The third-order valence-corrected chi connectivity index (χ3v) is 6.22. The Bertz CT molecular complexity index is 1330. The molecule has 1 aliphatic heterocycles. The van der Waals surface area contributed by atoms with Crippen LogP contribution in [0.3, 0.4) is 0 Å². The maximum absolute atomic E-state index is 13.4. The molecule has 0 aromatic heterocycles. The van der Waals surface area contributed by atoms with E-state index >= 15 is 0 Å². The fourth-order valence-corrected chi connectivity index (χ4v) is 4.52. The van der Waals surface area contributed by atoms with Gasteiger partial charge in [-0.3, -0.25) is 9.59 Å². The summed E-state index contributed by atoms with van der Waals surface area (Å²) in [7, 11) is 1.56. The first-order valence-electron chi connectivity index (χ1n) is 12.7. The van der Waals surface area contributed by atoms with Gasteiger partial charge in [-0.1, -0.05) is 49.4 Å². The summed E-state index contributed by atoms with van der Waals surface area (Å²) in [6, 6.07) is 20.7. The van der Waals surface area contributed by atoms with Gasteiger partial charge in [-0.05, 0) is 56.2 Å². The zero-order valence-corrected chi connectivity index (χ0v) is 22.1. The number of hydrogen-bond acceptors (Lipinski definition) is 6. The molecule has 0 saturated carbocycles. The van der Waals surface area contributed by atoms with E-state index in [1.807, 2.05) is 51.1 Å². The van der Waals surface area contributed by atoms with E-state index in [2.05, 4.69) is 0 Å². The second kappa shape index (κ2) is 11.9.